The lowest BCUT2D eigenvalue weighted by Crippen LogP contribution is -2.29. The Labute approximate surface area is 117 Å². The summed E-state index contributed by atoms with van der Waals surface area (Å²) < 4.78 is 10.5. The predicted octanol–water partition coefficient (Wildman–Crippen LogP) is 2.03. The summed E-state index contributed by atoms with van der Waals surface area (Å²) in [4.78, 5) is 11.5. The maximum absolute atomic E-state index is 11.5. The van der Waals surface area contributed by atoms with Crippen molar-refractivity contribution in [1.82, 2.24) is 15.5 Å². The molecule has 0 aliphatic heterocycles. The van der Waals surface area contributed by atoms with Crippen LogP contribution in [0.2, 0.25) is 0 Å². The van der Waals surface area contributed by atoms with Gasteiger partial charge in [0.1, 0.15) is 5.75 Å². The molecular weight excluding hydrogens is 258 g/mol. The number of rotatable bonds is 7. The van der Waals surface area contributed by atoms with Crippen LogP contribution >= 0.6 is 0 Å². The monoisotopic (exact) mass is 275 g/mol. The number of aromatic nitrogens is 2. The number of unbranched alkanes of at least 4 members (excludes halogenated alkanes) is 1. The molecule has 1 N–H and O–H groups in total. The molecule has 0 radical (unpaired) electrons. The van der Waals surface area contributed by atoms with Gasteiger partial charge in [-0.25, -0.2) is 0 Å². The highest BCUT2D eigenvalue weighted by atomic mass is 16.5. The number of carbonyl (C=O) groups is 1. The maximum Gasteiger partial charge on any atom is 0.257 e. The molecule has 1 aromatic heterocycles. The number of nitrogens with one attached hydrogen (secondary N) is 1. The molecule has 6 nitrogen and oxygen atoms in total. The van der Waals surface area contributed by atoms with E-state index in [2.05, 4.69) is 22.4 Å². The van der Waals surface area contributed by atoms with Gasteiger partial charge in [0.15, 0.2) is 6.61 Å². The molecule has 2 rings (SSSR count). The van der Waals surface area contributed by atoms with E-state index in [4.69, 9.17) is 9.15 Å². The number of benzene rings is 1. The van der Waals surface area contributed by atoms with Gasteiger partial charge in [0, 0.05) is 12.1 Å². The van der Waals surface area contributed by atoms with Gasteiger partial charge < -0.3 is 14.5 Å². The molecular formula is C14H17N3O3. The van der Waals surface area contributed by atoms with Gasteiger partial charge >= 0.3 is 0 Å². The van der Waals surface area contributed by atoms with Gasteiger partial charge in [0.2, 0.25) is 12.3 Å². The van der Waals surface area contributed by atoms with Crippen LogP contribution in [-0.2, 0) is 4.79 Å². The molecule has 2 aromatic rings. The van der Waals surface area contributed by atoms with Crippen LogP contribution < -0.4 is 10.1 Å². The summed E-state index contributed by atoms with van der Waals surface area (Å²) in [5, 5.41) is 10.2. The summed E-state index contributed by atoms with van der Waals surface area (Å²) >= 11 is 0. The van der Waals surface area contributed by atoms with Crippen LogP contribution in [0, 0.1) is 0 Å². The quantitative estimate of drug-likeness (QED) is 0.782. The third-order valence-corrected chi connectivity index (χ3v) is 2.68. The Morgan fingerprint density at radius 1 is 1.35 bits per heavy atom. The fourth-order valence-corrected chi connectivity index (χ4v) is 1.60. The molecule has 0 saturated carbocycles. The van der Waals surface area contributed by atoms with E-state index in [-0.39, 0.29) is 12.5 Å². The molecule has 6 heteroatoms. The van der Waals surface area contributed by atoms with Gasteiger partial charge in [-0.05, 0) is 30.7 Å². The van der Waals surface area contributed by atoms with Gasteiger partial charge in [0.05, 0.1) is 0 Å². The Balaban J connectivity index is 1.81. The van der Waals surface area contributed by atoms with E-state index < -0.39 is 0 Å². The first-order valence-corrected chi connectivity index (χ1v) is 6.55. The van der Waals surface area contributed by atoms with Crippen molar-refractivity contribution in [2.24, 2.45) is 0 Å². The van der Waals surface area contributed by atoms with Gasteiger partial charge in [-0.1, -0.05) is 13.3 Å². The highest BCUT2D eigenvalue weighted by Gasteiger charge is 2.05. The van der Waals surface area contributed by atoms with Crippen LogP contribution in [-0.4, -0.2) is 29.3 Å². The average Bonchev–Trinajstić information content (AvgIpc) is 3.00. The first-order chi connectivity index (χ1) is 9.79. The Hall–Kier alpha value is -2.37. The minimum atomic E-state index is -0.112. The fourth-order valence-electron chi connectivity index (χ4n) is 1.60. The number of carbonyl (C=O) groups excluding carboxylic acids is 1. The molecule has 0 atom stereocenters. The lowest BCUT2D eigenvalue weighted by molar-refractivity contribution is -0.123. The first kappa shape index (κ1) is 14.0. The summed E-state index contributed by atoms with van der Waals surface area (Å²) in [7, 11) is 0. The molecule has 0 spiro atoms. The summed E-state index contributed by atoms with van der Waals surface area (Å²) in [5.74, 6) is 0.965. The fraction of sp³-hybridized carbons (Fsp3) is 0.357. The second kappa shape index (κ2) is 7.28. The normalized spacial score (nSPS) is 10.2. The summed E-state index contributed by atoms with van der Waals surface area (Å²) in [6.45, 7) is 2.78. The molecule has 106 valence electrons. The maximum atomic E-state index is 11.5. The lowest BCUT2D eigenvalue weighted by atomic mass is 10.2. The van der Waals surface area contributed by atoms with Gasteiger partial charge in [-0.2, -0.15) is 0 Å². The van der Waals surface area contributed by atoms with E-state index in [0.29, 0.717) is 18.2 Å². The van der Waals surface area contributed by atoms with E-state index in [1.165, 1.54) is 6.39 Å². The predicted molar refractivity (Wildman–Crippen MR) is 73.1 cm³/mol. The van der Waals surface area contributed by atoms with E-state index in [9.17, 15) is 4.79 Å². The van der Waals surface area contributed by atoms with Crippen LogP contribution in [0.5, 0.6) is 5.75 Å². The van der Waals surface area contributed by atoms with Gasteiger partial charge in [-0.3, -0.25) is 4.79 Å². The molecule has 1 heterocycles. The van der Waals surface area contributed by atoms with E-state index in [0.717, 1.165) is 18.4 Å². The number of hydrogen-bond donors (Lipinski definition) is 1. The van der Waals surface area contributed by atoms with Gasteiger partial charge in [-0.15, -0.1) is 10.2 Å². The molecule has 0 aliphatic carbocycles. The molecule has 0 bridgehead atoms. The first-order valence-electron chi connectivity index (χ1n) is 6.55. The van der Waals surface area contributed by atoms with Crippen molar-refractivity contribution in [3.63, 3.8) is 0 Å². The summed E-state index contributed by atoms with van der Waals surface area (Å²) in [6.07, 6.45) is 3.31. The smallest absolute Gasteiger partial charge is 0.257 e. The third-order valence-electron chi connectivity index (χ3n) is 2.68. The molecule has 0 aliphatic rings. The van der Waals surface area contributed by atoms with Gasteiger partial charge in [0.25, 0.3) is 5.91 Å². The number of nitrogens with zero attached hydrogens (tertiary/aromatic N) is 2. The summed E-state index contributed by atoms with van der Waals surface area (Å²) in [6, 6.07) is 7.13. The Bertz CT molecular complexity index is 523. The van der Waals surface area contributed by atoms with Crippen molar-refractivity contribution in [1.29, 1.82) is 0 Å². The van der Waals surface area contributed by atoms with E-state index in [1.807, 2.05) is 0 Å². The van der Waals surface area contributed by atoms with Crippen LogP contribution in [0.15, 0.2) is 35.1 Å². The number of amides is 1. The molecule has 0 fully saturated rings. The zero-order chi connectivity index (χ0) is 14.2. The standard InChI is InChI=1S/C14H17N3O3/c1-2-3-8-15-13(18)9-19-12-6-4-11(5-7-12)14-17-16-10-20-14/h4-7,10H,2-3,8-9H2,1H3,(H,15,18). The minimum absolute atomic E-state index is 0.0175. The molecule has 1 amide bonds. The average molecular weight is 275 g/mol. The number of ether oxygens (including phenoxy) is 1. The summed E-state index contributed by atoms with van der Waals surface area (Å²) in [5.41, 5.74) is 0.808. The highest BCUT2D eigenvalue weighted by Crippen LogP contribution is 2.19. The zero-order valence-corrected chi connectivity index (χ0v) is 11.3. The van der Waals surface area contributed by atoms with Crippen molar-refractivity contribution in [3.8, 4) is 17.2 Å². The minimum Gasteiger partial charge on any atom is -0.484 e. The Kier molecular flexibility index (Phi) is 5.11. The third kappa shape index (κ3) is 4.08. The number of hydrogen-bond acceptors (Lipinski definition) is 5. The lowest BCUT2D eigenvalue weighted by Gasteiger charge is -2.07. The topological polar surface area (TPSA) is 77.2 Å². The van der Waals surface area contributed by atoms with Crippen molar-refractivity contribution in [2.45, 2.75) is 19.8 Å². The SMILES string of the molecule is CCCCNC(=O)COc1ccc(-c2nnco2)cc1. The molecule has 0 saturated heterocycles. The zero-order valence-electron chi connectivity index (χ0n) is 11.3. The van der Waals surface area contributed by atoms with Crippen molar-refractivity contribution in [3.05, 3.63) is 30.7 Å². The van der Waals surface area contributed by atoms with Crippen molar-refractivity contribution >= 4 is 5.91 Å². The molecule has 0 unspecified atom stereocenters. The van der Waals surface area contributed by atoms with Crippen LogP contribution in [0.4, 0.5) is 0 Å². The molecule has 1 aromatic carbocycles. The van der Waals surface area contributed by atoms with E-state index >= 15 is 0 Å². The Morgan fingerprint density at radius 2 is 2.15 bits per heavy atom. The Morgan fingerprint density at radius 3 is 2.80 bits per heavy atom. The van der Waals surface area contributed by atoms with Crippen molar-refractivity contribution < 1.29 is 13.9 Å². The largest absolute Gasteiger partial charge is 0.484 e. The second-order valence-electron chi connectivity index (χ2n) is 4.26. The van der Waals surface area contributed by atoms with Crippen LogP contribution in [0.1, 0.15) is 19.8 Å². The second-order valence-corrected chi connectivity index (χ2v) is 4.26. The molecule has 20 heavy (non-hydrogen) atoms. The van der Waals surface area contributed by atoms with Crippen LogP contribution in [0.3, 0.4) is 0 Å². The van der Waals surface area contributed by atoms with Crippen molar-refractivity contribution in [2.75, 3.05) is 13.2 Å². The van der Waals surface area contributed by atoms with Crippen LogP contribution in [0.25, 0.3) is 11.5 Å². The van der Waals surface area contributed by atoms with E-state index in [1.54, 1.807) is 24.3 Å². The highest BCUT2D eigenvalue weighted by molar-refractivity contribution is 5.77.